The number of rotatable bonds is 6. The van der Waals surface area contributed by atoms with E-state index in [4.69, 9.17) is 0 Å². The Bertz CT molecular complexity index is 923. The molecule has 1 aromatic rings. The molecule has 1 unspecified atom stereocenters. The number of carbonyl (C=O) groups is 2. The molecule has 0 bridgehead atoms. The van der Waals surface area contributed by atoms with Crippen LogP contribution in [0.5, 0.6) is 0 Å². The minimum Gasteiger partial charge on any atom is -0.354 e. The van der Waals surface area contributed by atoms with E-state index < -0.39 is 10.0 Å². The van der Waals surface area contributed by atoms with Crippen molar-refractivity contribution in [1.29, 1.82) is 0 Å². The van der Waals surface area contributed by atoms with Crippen molar-refractivity contribution in [3.8, 4) is 0 Å². The highest BCUT2D eigenvalue weighted by molar-refractivity contribution is 7.89. The van der Waals surface area contributed by atoms with Crippen molar-refractivity contribution >= 4 is 27.5 Å². The van der Waals surface area contributed by atoms with Gasteiger partial charge in [-0.05, 0) is 56.4 Å². The summed E-state index contributed by atoms with van der Waals surface area (Å²) in [5, 5.41) is 3.09. The topological polar surface area (TPSA) is 86.8 Å². The molecule has 1 saturated carbocycles. The number of carbonyl (C=O) groups excluding carboxylic acids is 2. The normalized spacial score (nSPS) is 23.8. The second-order valence-electron chi connectivity index (χ2n) is 9.70. The summed E-state index contributed by atoms with van der Waals surface area (Å²) in [7, 11) is -3.67. The van der Waals surface area contributed by atoms with Crippen LogP contribution >= 0.6 is 0 Å². The lowest BCUT2D eigenvalue weighted by atomic mass is 9.90. The first-order valence-corrected chi connectivity index (χ1v) is 14.1. The van der Waals surface area contributed by atoms with Crippen LogP contribution in [-0.4, -0.2) is 50.2 Å². The molecule has 7 nitrogen and oxygen atoms in total. The van der Waals surface area contributed by atoms with Gasteiger partial charge in [-0.25, -0.2) is 8.42 Å². The van der Waals surface area contributed by atoms with Gasteiger partial charge < -0.3 is 10.2 Å². The van der Waals surface area contributed by atoms with E-state index in [1.165, 1.54) is 19.3 Å². The molecule has 4 rings (SSSR count). The maximum absolute atomic E-state index is 13.5. The predicted octanol–water partition coefficient (Wildman–Crippen LogP) is 3.83. The molecule has 1 aliphatic carbocycles. The maximum Gasteiger partial charge on any atom is 0.243 e. The Morgan fingerprint density at radius 3 is 2.21 bits per heavy atom. The van der Waals surface area contributed by atoms with E-state index in [0.29, 0.717) is 26.1 Å². The summed E-state index contributed by atoms with van der Waals surface area (Å²) in [6, 6.07) is 6.45. The first kappa shape index (κ1) is 24.2. The second kappa shape index (κ2) is 11.0. The van der Waals surface area contributed by atoms with E-state index in [0.717, 1.165) is 57.1 Å². The molecule has 0 radical (unpaired) electrons. The van der Waals surface area contributed by atoms with Crippen LogP contribution in [0.1, 0.15) is 77.0 Å². The Hall–Kier alpha value is -1.93. The summed E-state index contributed by atoms with van der Waals surface area (Å²) in [6.45, 7) is 1.52. The lowest BCUT2D eigenvalue weighted by Gasteiger charge is -2.35. The smallest absolute Gasteiger partial charge is 0.243 e. The fourth-order valence-corrected chi connectivity index (χ4v) is 7.12. The van der Waals surface area contributed by atoms with E-state index in [9.17, 15) is 18.0 Å². The number of amides is 2. The third kappa shape index (κ3) is 5.77. The number of nitrogens with one attached hydrogen (secondary N) is 1. The Morgan fingerprint density at radius 2 is 1.55 bits per heavy atom. The molecule has 2 heterocycles. The fourth-order valence-electron chi connectivity index (χ4n) is 5.43. The number of benzene rings is 1. The van der Waals surface area contributed by atoms with Crippen LogP contribution in [0.15, 0.2) is 29.2 Å². The molecule has 1 atom stereocenters. The summed E-state index contributed by atoms with van der Waals surface area (Å²) >= 11 is 0. The summed E-state index contributed by atoms with van der Waals surface area (Å²) < 4.78 is 28.5. The summed E-state index contributed by atoms with van der Waals surface area (Å²) in [4.78, 5) is 26.8. The summed E-state index contributed by atoms with van der Waals surface area (Å²) in [5.74, 6) is 0.223. The minimum absolute atomic E-state index is 0.0554. The molecule has 3 fully saturated rings. The molecule has 0 spiro atoms. The van der Waals surface area contributed by atoms with Crippen molar-refractivity contribution in [2.24, 2.45) is 5.92 Å². The first-order chi connectivity index (χ1) is 16.0. The highest BCUT2D eigenvalue weighted by atomic mass is 32.2. The molecule has 33 heavy (non-hydrogen) atoms. The van der Waals surface area contributed by atoms with Gasteiger partial charge in [0.2, 0.25) is 21.8 Å². The summed E-state index contributed by atoms with van der Waals surface area (Å²) in [5.41, 5.74) is 0.748. The van der Waals surface area contributed by atoms with Gasteiger partial charge in [0.05, 0.1) is 4.90 Å². The number of anilines is 1. The molecule has 3 aliphatic rings. The van der Waals surface area contributed by atoms with Crippen molar-refractivity contribution in [1.82, 2.24) is 9.62 Å². The van der Waals surface area contributed by atoms with E-state index in [2.05, 4.69) is 5.32 Å². The highest BCUT2D eigenvalue weighted by Crippen LogP contribution is 2.28. The molecule has 1 aromatic carbocycles. The lowest BCUT2D eigenvalue weighted by molar-refractivity contribution is -0.125. The van der Waals surface area contributed by atoms with Crippen LogP contribution in [0.2, 0.25) is 0 Å². The van der Waals surface area contributed by atoms with Gasteiger partial charge in [-0.15, -0.1) is 0 Å². The monoisotopic (exact) mass is 475 g/mol. The van der Waals surface area contributed by atoms with Gasteiger partial charge in [0.15, 0.2) is 0 Å². The number of sulfonamides is 1. The molecule has 2 aliphatic heterocycles. The van der Waals surface area contributed by atoms with Gasteiger partial charge in [0.1, 0.15) is 0 Å². The van der Waals surface area contributed by atoms with E-state index in [-0.39, 0.29) is 28.7 Å². The third-order valence-electron chi connectivity index (χ3n) is 7.39. The summed E-state index contributed by atoms with van der Waals surface area (Å²) in [6.07, 6.45) is 11.6. The van der Waals surface area contributed by atoms with Crippen molar-refractivity contribution in [2.75, 3.05) is 24.5 Å². The van der Waals surface area contributed by atoms with Gasteiger partial charge in [0, 0.05) is 43.7 Å². The third-order valence-corrected chi connectivity index (χ3v) is 9.36. The quantitative estimate of drug-likeness (QED) is 0.677. The molecular formula is C25H37N3O4S. The van der Waals surface area contributed by atoms with Gasteiger partial charge in [-0.2, -0.15) is 4.31 Å². The van der Waals surface area contributed by atoms with Gasteiger partial charge >= 0.3 is 0 Å². The molecule has 1 N–H and O–H groups in total. The van der Waals surface area contributed by atoms with Crippen molar-refractivity contribution in [3.63, 3.8) is 0 Å². The van der Waals surface area contributed by atoms with E-state index >= 15 is 0 Å². The van der Waals surface area contributed by atoms with Gasteiger partial charge in [-0.3, -0.25) is 9.59 Å². The Morgan fingerprint density at radius 1 is 0.879 bits per heavy atom. The van der Waals surface area contributed by atoms with Gasteiger partial charge in [-0.1, -0.05) is 38.5 Å². The molecule has 8 heteroatoms. The molecule has 2 amide bonds. The zero-order valence-electron chi connectivity index (χ0n) is 19.5. The van der Waals surface area contributed by atoms with Crippen LogP contribution < -0.4 is 10.2 Å². The maximum atomic E-state index is 13.5. The van der Waals surface area contributed by atoms with Crippen molar-refractivity contribution in [2.45, 2.75) is 88.0 Å². The zero-order chi connectivity index (χ0) is 23.3. The van der Waals surface area contributed by atoms with Crippen molar-refractivity contribution < 1.29 is 18.0 Å². The molecule has 182 valence electrons. The Labute approximate surface area is 198 Å². The van der Waals surface area contributed by atoms with Crippen LogP contribution in [0, 0.1) is 5.92 Å². The largest absolute Gasteiger partial charge is 0.354 e. The average Bonchev–Trinajstić information content (AvgIpc) is 3.23. The number of hydrogen-bond donors (Lipinski definition) is 1. The zero-order valence-corrected chi connectivity index (χ0v) is 20.3. The fraction of sp³-hybridized carbons (Fsp3) is 0.680. The standard InChI is InChI=1S/C25H37N3O4S/c29-24-12-8-17-27(24)21-13-15-23(16-14-21)33(31,32)28-18-7-6-11-22(28)19-26-25(30)20-9-4-2-1-3-5-10-20/h13-16,20,22H,1-12,17-19H2,(H,26,30). The SMILES string of the molecule is O=C(NCC1CCCCN1S(=O)(=O)c1ccc(N2CCCC2=O)cc1)C1CCCCCCC1. The Balaban J connectivity index is 1.41. The number of hydrogen-bond acceptors (Lipinski definition) is 4. The second-order valence-corrected chi connectivity index (χ2v) is 11.6. The molecule has 0 aromatic heterocycles. The molecule has 2 saturated heterocycles. The van der Waals surface area contributed by atoms with Crippen LogP contribution in [0.4, 0.5) is 5.69 Å². The minimum atomic E-state index is -3.67. The number of piperidine rings is 1. The highest BCUT2D eigenvalue weighted by Gasteiger charge is 2.34. The van der Waals surface area contributed by atoms with Crippen LogP contribution in [-0.2, 0) is 19.6 Å². The lowest BCUT2D eigenvalue weighted by Crippen LogP contribution is -2.50. The van der Waals surface area contributed by atoms with E-state index in [1.807, 2.05) is 0 Å². The van der Waals surface area contributed by atoms with Crippen molar-refractivity contribution in [3.05, 3.63) is 24.3 Å². The molecular weight excluding hydrogens is 438 g/mol. The number of nitrogens with zero attached hydrogens (tertiary/aromatic N) is 2. The van der Waals surface area contributed by atoms with Gasteiger partial charge in [0.25, 0.3) is 0 Å². The van der Waals surface area contributed by atoms with E-state index in [1.54, 1.807) is 33.5 Å². The first-order valence-electron chi connectivity index (χ1n) is 12.7. The van der Waals surface area contributed by atoms with Crippen LogP contribution in [0.25, 0.3) is 0 Å². The van der Waals surface area contributed by atoms with Crippen LogP contribution in [0.3, 0.4) is 0 Å². The Kier molecular flexibility index (Phi) is 8.07. The predicted molar refractivity (Wildman–Crippen MR) is 128 cm³/mol. The average molecular weight is 476 g/mol.